The van der Waals surface area contributed by atoms with Crippen molar-refractivity contribution in [1.29, 1.82) is 0 Å². The van der Waals surface area contributed by atoms with E-state index in [1.807, 2.05) is 18.2 Å². The van der Waals surface area contributed by atoms with Gasteiger partial charge in [0.05, 0.1) is 10.4 Å². The summed E-state index contributed by atoms with van der Waals surface area (Å²) < 4.78 is 40.3. The quantitative estimate of drug-likeness (QED) is 0.614. The van der Waals surface area contributed by atoms with Gasteiger partial charge in [0.25, 0.3) is 0 Å². The van der Waals surface area contributed by atoms with Gasteiger partial charge in [-0.05, 0) is 42.5 Å². The molecule has 2 N–H and O–H groups in total. The zero-order valence-corrected chi connectivity index (χ0v) is 17.4. The fourth-order valence-electron chi connectivity index (χ4n) is 3.95. The molecule has 1 saturated heterocycles. The van der Waals surface area contributed by atoms with E-state index in [2.05, 4.69) is 4.72 Å². The maximum atomic E-state index is 13.0. The number of ether oxygens (including phenoxy) is 1. The first-order valence-corrected chi connectivity index (χ1v) is 11.2. The van der Waals surface area contributed by atoms with Crippen LogP contribution in [0.15, 0.2) is 62.6 Å². The first-order valence-electron chi connectivity index (χ1n) is 9.76. The van der Waals surface area contributed by atoms with Gasteiger partial charge in [-0.25, -0.2) is 17.9 Å². The van der Waals surface area contributed by atoms with Crippen molar-refractivity contribution in [3.05, 3.63) is 64.6 Å². The fourth-order valence-corrected chi connectivity index (χ4v) is 5.04. The molecule has 1 unspecified atom stereocenters. The standard InChI is InChI=1S/C21H24N2O6S/c1-23-18-13-17(7-8-19(18)29-20(23)24)30(26,27)22-14-21(25,15-5-3-2-4-6-15)16-9-11-28-12-10-16/h2-8,13,16,22,25H,9-12,14H2,1H3. The monoisotopic (exact) mass is 432 g/mol. The van der Waals surface area contributed by atoms with E-state index in [0.29, 0.717) is 42.7 Å². The number of aromatic nitrogens is 1. The summed E-state index contributed by atoms with van der Waals surface area (Å²) in [6.07, 6.45) is 1.27. The summed E-state index contributed by atoms with van der Waals surface area (Å²) in [5.41, 5.74) is -0.0209. The average molecular weight is 432 g/mol. The van der Waals surface area contributed by atoms with Crippen LogP contribution in [-0.4, -0.2) is 37.8 Å². The number of rotatable bonds is 6. The molecule has 1 aliphatic rings. The highest BCUT2D eigenvalue weighted by Crippen LogP contribution is 2.36. The van der Waals surface area contributed by atoms with Crippen molar-refractivity contribution in [3.8, 4) is 0 Å². The Hall–Kier alpha value is -2.46. The zero-order valence-electron chi connectivity index (χ0n) is 16.6. The molecule has 4 rings (SSSR count). The number of benzene rings is 2. The molecule has 0 radical (unpaired) electrons. The minimum absolute atomic E-state index is 0.00575. The molecule has 160 valence electrons. The van der Waals surface area contributed by atoms with E-state index in [1.54, 1.807) is 12.1 Å². The third-order valence-electron chi connectivity index (χ3n) is 5.78. The van der Waals surface area contributed by atoms with Crippen LogP contribution < -0.4 is 10.5 Å². The molecule has 2 aromatic carbocycles. The normalized spacial score (nSPS) is 17.8. The minimum atomic E-state index is -3.94. The van der Waals surface area contributed by atoms with Crippen LogP contribution in [0.3, 0.4) is 0 Å². The van der Waals surface area contributed by atoms with Crippen LogP contribution in [0.4, 0.5) is 0 Å². The van der Waals surface area contributed by atoms with Crippen molar-refractivity contribution in [1.82, 2.24) is 9.29 Å². The number of nitrogens with zero attached hydrogens (tertiary/aromatic N) is 1. The number of fused-ring (bicyclic) bond motifs is 1. The van der Waals surface area contributed by atoms with Crippen LogP contribution in [0.1, 0.15) is 18.4 Å². The maximum absolute atomic E-state index is 13.0. The van der Waals surface area contributed by atoms with Crippen LogP contribution in [0.25, 0.3) is 11.1 Å². The second-order valence-corrected chi connectivity index (χ2v) is 9.32. The lowest BCUT2D eigenvalue weighted by molar-refractivity contribution is -0.0663. The highest BCUT2D eigenvalue weighted by molar-refractivity contribution is 7.89. The summed E-state index contributed by atoms with van der Waals surface area (Å²) in [5.74, 6) is -0.709. The first kappa shape index (κ1) is 20.8. The van der Waals surface area contributed by atoms with E-state index >= 15 is 0 Å². The Bertz CT molecular complexity index is 1200. The summed E-state index contributed by atoms with van der Waals surface area (Å²) in [6.45, 7) is 0.877. The van der Waals surface area contributed by atoms with Gasteiger partial charge in [0.15, 0.2) is 5.58 Å². The average Bonchev–Trinajstić information content (AvgIpc) is 3.06. The molecule has 1 aromatic heterocycles. The molecule has 0 saturated carbocycles. The predicted octanol–water partition coefficient (Wildman–Crippen LogP) is 1.72. The Morgan fingerprint density at radius 1 is 1.17 bits per heavy atom. The molecule has 0 aliphatic carbocycles. The van der Waals surface area contributed by atoms with Crippen molar-refractivity contribution in [2.24, 2.45) is 13.0 Å². The molecule has 1 fully saturated rings. The molecule has 0 amide bonds. The van der Waals surface area contributed by atoms with Crippen LogP contribution in [0.5, 0.6) is 0 Å². The second-order valence-electron chi connectivity index (χ2n) is 7.56. The van der Waals surface area contributed by atoms with Gasteiger partial charge in [-0.3, -0.25) is 4.57 Å². The van der Waals surface area contributed by atoms with Gasteiger partial charge in [-0.15, -0.1) is 0 Å². The van der Waals surface area contributed by atoms with E-state index in [9.17, 15) is 18.3 Å². The van der Waals surface area contributed by atoms with E-state index in [4.69, 9.17) is 9.15 Å². The van der Waals surface area contributed by atoms with E-state index < -0.39 is 21.4 Å². The largest absolute Gasteiger partial charge is 0.419 e. The van der Waals surface area contributed by atoms with Gasteiger partial charge in [0.2, 0.25) is 10.0 Å². The van der Waals surface area contributed by atoms with Gasteiger partial charge < -0.3 is 14.3 Å². The summed E-state index contributed by atoms with van der Waals surface area (Å²) >= 11 is 0. The number of nitrogens with one attached hydrogen (secondary N) is 1. The van der Waals surface area contributed by atoms with E-state index in [-0.39, 0.29) is 17.4 Å². The molecule has 1 aliphatic heterocycles. The lowest BCUT2D eigenvalue weighted by Crippen LogP contribution is -2.47. The Balaban J connectivity index is 1.64. The number of aliphatic hydroxyl groups is 1. The zero-order chi connectivity index (χ0) is 21.4. The van der Waals surface area contributed by atoms with Crippen LogP contribution >= 0.6 is 0 Å². The molecular formula is C21H24N2O6S. The summed E-state index contributed by atoms with van der Waals surface area (Å²) in [6, 6.07) is 13.3. The minimum Gasteiger partial charge on any atom is -0.408 e. The molecule has 8 nitrogen and oxygen atoms in total. The third-order valence-corrected chi connectivity index (χ3v) is 7.17. The number of hydrogen-bond acceptors (Lipinski definition) is 6. The second kappa shape index (κ2) is 7.99. The highest BCUT2D eigenvalue weighted by Gasteiger charge is 2.40. The van der Waals surface area contributed by atoms with Gasteiger partial charge in [-0.2, -0.15) is 0 Å². The van der Waals surface area contributed by atoms with Crippen LogP contribution in [-0.2, 0) is 27.4 Å². The Morgan fingerprint density at radius 2 is 1.87 bits per heavy atom. The highest BCUT2D eigenvalue weighted by atomic mass is 32.2. The molecule has 0 bridgehead atoms. The maximum Gasteiger partial charge on any atom is 0.419 e. The SMILES string of the molecule is Cn1c(=O)oc2ccc(S(=O)(=O)NCC(O)(c3ccccc3)C3CCOCC3)cc21. The molecule has 9 heteroatoms. The lowest BCUT2D eigenvalue weighted by Gasteiger charge is -2.39. The number of sulfonamides is 1. The van der Waals surface area contributed by atoms with Crippen molar-refractivity contribution in [2.45, 2.75) is 23.3 Å². The van der Waals surface area contributed by atoms with Gasteiger partial charge >= 0.3 is 5.76 Å². The van der Waals surface area contributed by atoms with Crippen molar-refractivity contribution >= 4 is 21.1 Å². The molecule has 2 heterocycles. The van der Waals surface area contributed by atoms with Gasteiger partial charge in [0.1, 0.15) is 5.60 Å². The van der Waals surface area contributed by atoms with Crippen LogP contribution in [0, 0.1) is 5.92 Å². The van der Waals surface area contributed by atoms with E-state index in [1.165, 1.54) is 29.8 Å². The van der Waals surface area contributed by atoms with Gasteiger partial charge in [-0.1, -0.05) is 30.3 Å². The molecule has 0 spiro atoms. The van der Waals surface area contributed by atoms with E-state index in [0.717, 1.165) is 0 Å². The van der Waals surface area contributed by atoms with Gasteiger partial charge in [0, 0.05) is 26.8 Å². The number of oxazole rings is 1. The first-order chi connectivity index (χ1) is 14.3. The molecule has 3 aromatic rings. The van der Waals surface area contributed by atoms with Crippen LogP contribution in [0.2, 0.25) is 0 Å². The summed E-state index contributed by atoms with van der Waals surface area (Å²) in [5, 5.41) is 11.6. The van der Waals surface area contributed by atoms with Crippen molar-refractivity contribution in [3.63, 3.8) is 0 Å². The smallest absolute Gasteiger partial charge is 0.408 e. The Labute approximate surface area is 174 Å². The number of aryl methyl sites for hydroxylation is 1. The summed E-state index contributed by atoms with van der Waals surface area (Å²) in [7, 11) is -2.43. The predicted molar refractivity (Wildman–Crippen MR) is 111 cm³/mol. The molecule has 1 atom stereocenters. The topological polar surface area (TPSA) is 111 Å². The molecular weight excluding hydrogens is 408 g/mol. The third kappa shape index (κ3) is 3.81. The van der Waals surface area contributed by atoms with Crippen molar-refractivity contribution < 1.29 is 22.7 Å². The Morgan fingerprint density at radius 3 is 2.57 bits per heavy atom. The number of hydrogen-bond donors (Lipinski definition) is 2. The van der Waals surface area contributed by atoms with Crippen molar-refractivity contribution in [2.75, 3.05) is 19.8 Å². The summed E-state index contributed by atoms with van der Waals surface area (Å²) in [4.78, 5) is 11.7. The lowest BCUT2D eigenvalue weighted by atomic mass is 9.77. The Kier molecular flexibility index (Phi) is 5.54. The molecule has 30 heavy (non-hydrogen) atoms. The fraction of sp³-hybridized carbons (Fsp3) is 0.381.